The van der Waals surface area contributed by atoms with Crippen molar-refractivity contribution in [2.24, 2.45) is 0 Å². The standard InChI is InChI=1S/C19H20BrN3O/c20-15-6-8-16(9-7-15)23-19(24)17-13-22(11-10-18(17)21-23)12-14-4-2-1-3-5-14/h2,4-9,24H,1,3,10-13H2. The Morgan fingerprint density at radius 2 is 2.00 bits per heavy atom. The lowest BCUT2D eigenvalue weighted by atomic mass is 10.0. The van der Waals surface area contributed by atoms with E-state index in [9.17, 15) is 5.11 Å². The second-order valence-corrected chi connectivity index (χ2v) is 7.27. The summed E-state index contributed by atoms with van der Waals surface area (Å²) in [6.45, 7) is 2.68. The summed E-state index contributed by atoms with van der Waals surface area (Å²) in [4.78, 5) is 2.39. The van der Waals surface area contributed by atoms with Gasteiger partial charge in [0.25, 0.3) is 0 Å². The number of allylic oxidation sites excluding steroid dienone is 2. The molecule has 2 heterocycles. The van der Waals surface area contributed by atoms with Gasteiger partial charge < -0.3 is 5.11 Å². The van der Waals surface area contributed by atoms with Gasteiger partial charge in [-0.15, -0.1) is 0 Å². The maximum absolute atomic E-state index is 10.7. The number of aromatic hydroxyl groups is 1. The Morgan fingerprint density at radius 3 is 2.75 bits per heavy atom. The molecule has 0 radical (unpaired) electrons. The molecule has 4 rings (SSSR count). The smallest absolute Gasteiger partial charge is 0.219 e. The molecule has 1 aliphatic heterocycles. The zero-order chi connectivity index (χ0) is 16.5. The van der Waals surface area contributed by atoms with E-state index in [1.165, 1.54) is 5.57 Å². The van der Waals surface area contributed by atoms with Crippen LogP contribution < -0.4 is 0 Å². The Bertz CT molecular complexity index is 805. The Kier molecular flexibility index (Phi) is 4.29. The molecule has 0 atom stereocenters. The summed E-state index contributed by atoms with van der Waals surface area (Å²) in [6.07, 6.45) is 9.95. The van der Waals surface area contributed by atoms with E-state index in [4.69, 9.17) is 0 Å². The molecule has 0 saturated carbocycles. The highest BCUT2D eigenvalue weighted by Gasteiger charge is 2.25. The zero-order valence-electron chi connectivity index (χ0n) is 13.5. The molecular formula is C19H20BrN3O. The van der Waals surface area contributed by atoms with Crippen molar-refractivity contribution >= 4 is 15.9 Å². The molecule has 0 fully saturated rings. The average Bonchev–Trinajstić information content (AvgIpc) is 2.93. The monoisotopic (exact) mass is 385 g/mol. The van der Waals surface area contributed by atoms with Crippen molar-refractivity contribution in [1.29, 1.82) is 0 Å². The fourth-order valence-corrected chi connectivity index (χ4v) is 3.62. The van der Waals surface area contributed by atoms with E-state index in [1.54, 1.807) is 4.68 Å². The van der Waals surface area contributed by atoms with Crippen LogP contribution in [0.3, 0.4) is 0 Å². The highest BCUT2D eigenvalue weighted by molar-refractivity contribution is 9.10. The van der Waals surface area contributed by atoms with Gasteiger partial charge in [0.05, 0.1) is 16.9 Å². The van der Waals surface area contributed by atoms with Crippen LogP contribution in [-0.4, -0.2) is 32.9 Å². The highest BCUT2D eigenvalue weighted by Crippen LogP contribution is 2.30. The fraction of sp³-hybridized carbons (Fsp3) is 0.316. The van der Waals surface area contributed by atoms with Crippen molar-refractivity contribution in [3.05, 3.63) is 63.8 Å². The predicted octanol–water partition coefficient (Wildman–Crippen LogP) is 3.97. The molecule has 1 N–H and O–H groups in total. The molecule has 1 aliphatic carbocycles. The average molecular weight is 386 g/mol. The number of benzene rings is 1. The summed E-state index contributed by atoms with van der Waals surface area (Å²) in [5, 5.41) is 15.3. The predicted molar refractivity (Wildman–Crippen MR) is 98.4 cm³/mol. The van der Waals surface area contributed by atoms with Gasteiger partial charge in [-0.05, 0) is 42.7 Å². The Hall–Kier alpha value is -1.85. The minimum atomic E-state index is 0.269. The van der Waals surface area contributed by atoms with E-state index in [0.717, 1.165) is 60.3 Å². The van der Waals surface area contributed by atoms with Crippen molar-refractivity contribution in [1.82, 2.24) is 14.7 Å². The van der Waals surface area contributed by atoms with Crippen LogP contribution in [0.4, 0.5) is 0 Å². The van der Waals surface area contributed by atoms with Crippen molar-refractivity contribution in [3.63, 3.8) is 0 Å². The Balaban J connectivity index is 1.56. The molecule has 2 aromatic rings. The van der Waals surface area contributed by atoms with Crippen molar-refractivity contribution < 1.29 is 5.11 Å². The van der Waals surface area contributed by atoms with Gasteiger partial charge in [-0.3, -0.25) is 4.90 Å². The quantitative estimate of drug-likeness (QED) is 0.868. The molecule has 5 heteroatoms. The summed E-state index contributed by atoms with van der Waals surface area (Å²) in [5.41, 5.74) is 4.24. The minimum absolute atomic E-state index is 0.269. The highest BCUT2D eigenvalue weighted by atomic mass is 79.9. The van der Waals surface area contributed by atoms with Crippen molar-refractivity contribution in [3.8, 4) is 11.6 Å². The number of nitrogens with zero attached hydrogens (tertiary/aromatic N) is 3. The largest absolute Gasteiger partial charge is 0.493 e. The third-order valence-corrected chi connectivity index (χ3v) is 5.16. The first kappa shape index (κ1) is 15.7. The number of aromatic nitrogens is 2. The first-order valence-electron chi connectivity index (χ1n) is 8.34. The van der Waals surface area contributed by atoms with Gasteiger partial charge in [-0.25, -0.2) is 4.68 Å². The van der Waals surface area contributed by atoms with E-state index in [2.05, 4.69) is 44.2 Å². The van der Waals surface area contributed by atoms with Gasteiger partial charge in [0.1, 0.15) is 0 Å². The number of halogens is 1. The molecule has 4 nitrogen and oxygen atoms in total. The second kappa shape index (κ2) is 6.57. The number of fused-ring (bicyclic) bond motifs is 1. The van der Waals surface area contributed by atoms with Crippen molar-refractivity contribution in [2.75, 3.05) is 13.1 Å². The van der Waals surface area contributed by atoms with E-state index < -0.39 is 0 Å². The molecular weight excluding hydrogens is 366 g/mol. The van der Waals surface area contributed by atoms with Crippen molar-refractivity contribution in [2.45, 2.75) is 25.8 Å². The first-order valence-corrected chi connectivity index (χ1v) is 9.13. The number of hydrogen-bond acceptors (Lipinski definition) is 3. The molecule has 24 heavy (non-hydrogen) atoms. The van der Waals surface area contributed by atoms with E-state index >= 15 is 0 Å². The van der Waals surface area contributed by atoms with Gasteiger partial charge in [-0.2, -0.15) is 5.10 Å². The van der Waals surface area contributed by atoms with Gasteiger partial charge in [-0.1, -0.05) is 34.2 Å². The SMILES string of the molecule is Oc1c2c(nn1-c1ccc(Br)cc1)CCN(CC1=CCCC=C1)C2. The minimum Gasteiger partial charge on any atom is -0.493 e. The second-order valence-electron chi connectivity index (χ2n) is 6.36. The molecule has 0 spiro atoms. The van der Waals surface area contributed by atoms with E-state index in [1.807, 2.05) is 24.3 Å². The van der Waals surface area contributed by atoms with Gasteiger partial charge in [0, 0.05) is 30.5 Å². The maximum Gasteiger partial charge on any atom is 0.219 e. The third-order valence-electron chi connectivity index (χ3n) is 4.64. The Morgan fingerprint density at radius 1 is 1.17 bits per heavy atom. The topological polar surface area (TPSA) is 41.3 Å². The van der Waals surface area contributed by atoms with Crippen LogP contribution in [0.2, 0.25) is 0 Å². The first-order chi connectivity index (χ1) is 11.7. The number of rotatable bonds is 3. The Labute approximate surface area is 150 Å². The molecule has 2 aliphatic rings. The molecule has 0 bridgehead atoms. The lowest BCUT2D eigenvalue weighted by Gasteiger charge is -2.26. The maximum atomic E-state index is 10.7. The lowest BCUT2D eigenvalue weighted by molar-refractivity contribution is 0.271. The van der Waals surface area contributed by atoms with Crippen LogP contribution in [0, 0.1) is 0 Å². The summed E-state index contributed by atoms with van der Waals surface area (Å²) in [6, 6.07) is 7.84. The van der Waals surface area contributed by atoms with Crippen LogP contribution in [0.1, 0.15) is 24.1 Å². The van der Waals surface area contributed by atoms with Gasteiger partial charge in [0.15, 0.2) is 0 Å². The van der Waals surface area contributed by atoms with Gasteiger partial charge in [0.2, 0.25) is 5.88 Å². The summed E-state index contributed by atoms with van der Waals surface area (Å²) in [7, 11) is 0. The van der Waals surface area contributed by atoms with Crippen LogP contribution >= 0.6 is 15.9 Å². The molecule has 124 valence electrons. The van der Waals surface area contributed by atoms with Crippen LogP contribution in [-0.2, 0) is 13.0 Å². The van der Waals surface area contributed by atoms with E-state index in [-0.39, 0.29) is 5.88 Å². The van der Waals surface area contributed by atoms with Gasteiger partial charge >= 0.3 is 0 Å². The molecule has 0 saturated heterocycles. The lowest BCUT2D eigenvalue weighted by Crippen LogP contribution is -2.31. The van der Waals surface area contributed by atoms with Crippen LogP contribution in [0.15, 0.2) is 52.5 Å². The molecule has 1 aromatic heterocycles. The molecule has 0 unspecified atom stereocenters. The number of hydrogen-bond donors (Lipinski definition) is 1. The van der Waals surface area contributed by atoms with E-state index in [0.29, 0.717) is 0 Å². The zero-order valence-corrected chi connectivity index (χ0v) is 15.0. The fourth-order valence-electron chi connectivity index (χ4n) is 3.36. The summed E-state index contributed by atoms with van der Waals surface area (Å²) in [5.74, 6) is 0.269. The third kappa shape index (κ3) is 3.06. The molecule has 1 aromatic carbocycles. The summed E-state index contributed by atoms with van der Waals surface area (Å²) < 4.78 is 2.67. The van der Waals surface area contributed by atoms with Crippen LogP contribution in [0.25, 0.3) is 5.69 Å². The summed E-state index contributed by atoms with van der Waals surface area (Å²) >= 11 is 3.44. The van der Waals surface area contributed by atoms with Crippen LogP contribution in [0.5, 0.6) is 5.88 Å². The normalized spacial score (nSPS) is 17.6. The molecule has 0 amide bonds.